The van der Waals surface area contributed by atoms with E-state index in [2.05, 4.69) is 22.3 Å². The molecule has 1 rings (SSSR count). The molecule has 8 heteroatoms. The minimum Gasteiger partial charge on any atom is -0.360 e. The molecule has 0 radical (unpaired) electrons. The summed E-state index contributed by atoms with van der Waals surface area (Å²) in [5, 5.41) is 0. The highest BCUT2D eigenvalue weighted by molar-refractivity contribution is 5.44. The van der Waals surface area contributed by atoms with Crippen LogP contribution in [0.25, 0.3) is 0 Å². The van der Waals surface area contributed by atoms with Crippen LogP contribution in [0.2, 0.25) is 0 Å². The zero-order valence-electron chi connectivity index (χ0n) is 11.0. The molecule has 0 aliphatic rings. The Morgan fingerprint density at radius 2 is 2.00 bits per heavy atom. The van der Waals surface area contributed by atoms with E-state index in [0.29, 0.717) is 6.54 Å². The van der Waals surface area contributed by atoms with Gasteiger partial charge in [-0.05, 0) is 6.42 Å². The Kier molecular flexibility index (Phi) is 5.34. The fourth-order valence-electron chi connectivity index (χ4n) is 1.55. The average molecular weight is 277 g/mol. The van der Waals surface area contributed by atoms with Gasteiger partial charge in [0, 0.05) is 19.7 Å². The maximum absolute atomic E-state index is 12.7. The van der Waals surface area contributed by atoms with E-state index >= 15 is 0 Å². The van der Waals surface area contributed by atoms with Crippen LogP contribution in [-0.2, 0) is 6.18 Å². The van der Waals surface area contributed by atoms with Crippen LogP contribution in [0.5, 0.6) is 0 Å². The molecule has 0 spiro atoms. The average Bonchev–Trinajstić information content (AvgIpc) is 2.37. The van der Waals surface area contributed by atoms with Crippen molar-refractivity contribution in [3.8, 4) is 0 Å². The van der Waals surface area contributed by atoms with E-state index in [4.69, 9.17) is 5.84 Å². The maximum Gasteiger partial charge on any atom is 0.433 e. The Morgan fingerprint density at radius 3 is 2.53 bits per heavy atom. The van der Waals surface area contributed by atoms with Crippen molar-refractivity contribution in [1.29, 1.82) is 0 Å². The number of nitrogens with two attached hydrogens (primary N) is 1. The number of hydrazine groups is 1. The Bertz CT molecular complexity index is 408. The monoisotopic (exact) mass is 277 g/mol. The van der Waals surface area contributed by atoms with Gasteiger partial charge in [0.05, 0.1) is 0 Å². The molecule has 0 fully saturated rings. The molecule has 0 saturated heterocycles. The van der Waals surface area contributed by atoms with Gasteiger partial charge >= 0.3 is 6.18 Å². The van der Waals surface area contributed by atoms with Crippen LogP contribution < -0.4 is 16.2 Å². The Morgan fingerprint density at radius 1 is 1.32 bits per heavy atom. The van der Waals surface area contributed by atoms with Crippen molar-refractivity contribution in [3.05, 3.63) is 11.8 Å². The molecular formula is C11H18F3N5. The second kappa shape index (κ2) is 6.55. The first-order valence-electron chi connectivity index (χ1n) is 6.02. The summed E-state index contributed by atoms with van der Waals surface area (Å²) in [6.07, 6.45) is -1.57. The molecule has 0 aliphatic carbocycles. The van der Waals surface area contributed by atoms with E-state index in [1.807, 2.05) is 0 Å². The summed E-state index contributed by atoms with van der Waals surface area (Å²) < 4.78 is 38.0. The number of aromatic nitrogens is 2. The quantitative estimate of drug-likeness (QED) is 0.475. The number of hydrogen-bond acceptors (Lipinski definition) is 5. The van der Waals surface area contributed by atoms with Crippen molar-refractivity contribution < 1.29 is 13.2 Å². The van der Waals surface area contributed by atoms with Crippen molar-refractivity contribution in [1.82, 2.24) is 9.97 Å². The first kappa shape index (κ1) is 15.5. The Labute approximate surface area is 110 Å². The summed E-state index contributed by atoms with van der Waals surface area (Å²) in [4.78, 5) is 8.89. The number of unbranched alkanes of at least 4 members (excludes halogenated alkanes) is 2. The van der Waals surface area contributed by atoms with E-state index in [1.165, 1.54) is 0 Å². The van der Waals surface area contributed by atoms with E-state index in [9.17, 15) is 13.2 Å². The van der Waals surface area contributed by atoms with Gasteiger partial charge < -0.3 is 4.90 Å². The van der Waals surface area contributed by atoms with Gasteiger partial charge in [-0.15, -0.1) is 0 Å². The molecule has 0 aromatic carbocycles. The number of halogens is 3. The molecular weight excluding hydrogens is 259 g/mol. The van der Waals surface area contributed by atoms with Crippen LogP contribution >= 0.6 is 0 Å². The van der Waals surface area contributed by atoms with Gasteiger partial charge in [0.1, 0.15) is 5.82 Å². The van der Waals surface area contributed by atoms with Gasteiger partial charge in [-0.3, -0.25) is 5.43 Å². The Balaban J connectivity index is 2.93. The summed E-state index contributed by atoms with van der Waals surface area (Å²) >= 11 is 0. The molecule has 5 nitrogen and oxygen atoms in total. The molecule has 0 aliphatic heterocycles. The van der Waals surface area contributed by atoms with Crippen LogP contribution in [0, 0.1) is 0 Å². The molecule has 0 unspecified atom stereocenters. The lowest BCUT2D eigenvalue weighted by Gasteiger charge is -2.19. The van der Waals surface area contributed by atoms with Gasteiger partial charge in [-0.2, -0.15) is 18.2 Å². The van der Waals surface area contributed by atoms with Crippen molar-refractivity contribution in [2.75, 3.05) is 23.9 Å². The van der Waals surface area contributed by atoms with Gasteiger partial charge in [0.25, 0.3) is 0 Å². The van der Waals surface area contributed by atoms with Gasteiger partial charge in [-0.1, -0.05) is 19.8 Å². The van der Waals surface area contributed by atoms with Crippen molar-refractivity contribution in [2.45, 2.75) is 32.4 Å². The highest BCUT2D eigenvalue weighted by atomic mass is 19.4. The normalized spacial score (nSPS) is 11.5. The SMILES string of the molecule is CCCCCN(C)c1cc(C(F)(F)F)nc(NN)n1. The van der Waals surface area contributed by atoms with E-state index in [0.717, 1.165) is 25.3 Å². The molecule has 0 bridgehead atoms. The minimum absolute atomic E-state index is 0.200. The number of nitrogen functional groups attached to an aromatic ring is 1. The second-order valence-electron chi connectivity index (χ2n) is 4.21. The lowest BCUT2D eigenvalue weighted by atomic mass is 10.2. The van der Waals surface area contributed by atoms with Crippen molar-refractivity contribution >= 4 is 11.8 Å². The number of anilines is 2. The van der Waals surface area contributed by atoms with E-state index in [1.54, 1.807) is 11.9 Å². The van der Waals surface area contributed by atoms with Crippen LogP contribution in [0.3, 0.4) is 0 Å². The zero-order chi connectivity index (χ0) is 14.5. The topological polar surface area (TPSA) is 67.1 Å². The van der Waals surface area contributed by atoms with E-state index < -0.39 is 11.9 Å². The summed E-state index contributed by atoms with van der Waals surface area (Å²) in [6, 6.07) is 0.923. The molecule has 1 heterocycles. The Hall–Kier alpha value is -1.57. The summed E-state index contributed by atoms with van der Waals surface area (Å²) in [5.74, 6) is 5.05. The first-order chi connectivity index (χ1) is 8.88. The third-order valence-electron chi connectivity index (χ3n) is 2.62. The minimum atomic E-state index is -4.52. The number of nitrogens with one attached hydrogen (secondary N) is 1. The van der Waals surface area contributed by atoms with Crippen LogP contribution in [0.1, 0.15) is 31.9 Å². The van der Waals surface area contributed by atoms with Crippen molar-refractivity contribution in [3.63, 3.8) is 0 Å². The number of nitrogens with zero attached hydrogens (tertiary/aromatic N) is 3. The molecule has 0 saturated carbocycles. The highest BCUT2D eigenvalue weighted by Gasteiger charge is 2.34. The maximum atomic E-state index is 12.7. The standard InChI is InChI=1S/C11H18F3N5/c1-3-4-5-6-19(2)9-7-8(11(12,13)14)16-10(17-9)18-15/h7H,3-6,15H2,1-2H3,(H,16,17,18). The zero-order valence-corrected chi connectivity index (χ0v) is 11.0. The molecule has 3 N–H and O–H groups in total. The van der Waals surface area contributed by atoms with E-state index in [-0.39, 0.29) is 11.8 Å². The number of hydrogen-bond donors (Lipinski definition) is 2. The van der Waals surface area contributed by atoms with Crippen LogP contribution in [0.15, 0.2) is 6.07 Å². The summed E-state index contributed by atoms with van der Waals surface area (Å²) in [7, 11) is 1.69. The fourth-order valence-corrected chi connectivity index (χ4v) is 1.55. The van der Waals surface area contributed by atoms with Crippen molar-refractivity contribution in [2.24, 2.45) is 5.84 Å². The van der Waals surface area contributed by atoms with Gasteiger partial charge in [0.15, 0.2) is 5.69 Å². The highest BCUT2D eigenvalue weighted by Crippen LogP contribution is 2.30. The predicted octanol–water partition coefficient (Wildman–Crippen LogP) is 2.41. The molecule has 19 heavy (non-hydrogen) atoms. The van der Waals surface area contributed by atoms with Gasteiger partial charge in [-0.25, -0.2) is 10.8 Å². The first-order valence-corrected chi connectivity index (χ1v) is 6.02. The molecule has 1 aromatic heterocycles. The molecule has 108 valence electrons. The smallest absolute Gasteiger partial charge is 0.360 e. The second-order valence-corrected chi connectivity index (χ2v) is 4.21. The lowest BCUT2D eigenvalue weighted by Crippen LogP contribution is -2.23. The third-order valence-corrected chi connectivity index (χ3v) is 2.62. The third kappa shape index (κ3) is 4.55. The molecule has 1 aromatic rings. The lowest BCUT2D eigenvalue weighted by molar-refractivity contribution is -0.141. The van der Waals surface area contributed by atoms with Crippen LogP contribution in [0.4, 0.5) is 24.9 Å². The number of alkyl halides is 3. The van der Waals surface area contributed by atoms with Crippen LogP contribution in [-0.4, -0.2) is 23.6 Å². The summed E-state index contributed by atoms with van der Waals surface area (Å²) in [5.41, 5.74) is 1.05. The number of rotatable bonds is 6. The predicted molar refractivity (Wildman–Crippen MR) is 67.6 cm³/mol. The largest absolute Gasteiger partial charge is 0.433 e. The summed E-state index contributed by atoms with van der Waals surface area (Å²) in [6.45, 7) is 2.69. The molecule has 0 amide bonds. The molecule has 0 atom stereocenters. The fraction of sp³-hybridized carbons (Fsp3) is 0.636. The van der Waals surface area contributed by atoms with Gasteiger partial charge in [0.2, 0.25) is 5.95 Å².